The van der Waals surface area contributed by atoms with Crippen molar-refractivity contribution in [2.24, 2.45) is 0 Å². The maximum atomic E-state index is 11.2. The van der Waals surface area contributed by atoms with E-state index in [1.54, 1.807) is 6.07 Å². The van der Waals surface area contributed by atoms with Crippen molar-refractivity contribution >= 4 is 27.5 Å². The van der Waals surface area contributed by atoms with Gasteiger partial charge in [-0.25, -0.2) is 0 Å². The number of ether oxygens (including phenoxy) is 1. The highest BCUT2D eigenvalue weighted by atomic mass is 79.9. The number of hydrogen-bond donors (Lipinski definition) is 1. The summed E-state index contributed by atoms with van der Waals surface area (Å²) in [6, 6.07) is 15.5. The summed E-state index contributed by atoms with van der Waals surface area (Å²) in [5.74, 6) is 0.811. The lowest BCUT2D eigenvalue weighted by atomic mass is 10.1. The van der Waals surface area contributed by atoms with Crippen LogP contribution >= 0.6 is 27.5 Å². The fraction of sp³-hybridized carbons (Fsp3) is 0.118. The summed E-state index contributed by atoms with van der Waals surface area (Å²) in [5.41, 5.74) is 3.29. The van der Waals surface area contributed by atoms with Crippen LogP contribution in [0.3, 0.4) is 0 Å². The van der Waals surface area contributed by atoms with Gasteiger partial charge in [-0.05, 0) is 53.9 Å². The van der Waals surface area contributed by atoms with Gasteiger partial charge in [0.15, 0.2) is 0 Å². The average molecular weight is 376 g/mol. The average Bonchev–Trinajstić information content (AvgIpc) is 2.96. The molecule has 1 heterocycles. The fourth-order valence-corrected chi connectivity index (χ4v) is 3.21. The summed E-state index contributed by atoms with van der Waals surface area (Å²) in [5, 5.41) is 0. The SMILES string of the molecule is Cc1c(Br)cccc1COc1ccc(-c2cc(=O)[nH]s2)cc1. The van der Waals surface area contributed by atoms with Crippen molar-refractivity contribution < 1.29 is 4.74 Å². The number of aromatic amines is 1. The molecular weight excluding hydrogens is 362 g/mol. The summed E-state index contributed by atoms with van der Waals surface area (Å²) in [4.78, 5) is 12.1. The fourth-order valence-electron chi connectivity index (χ4n) is 2.11. The molecule has 0 spiro atoms. The van der Waals surface area contributed by atoms with Gasteiger partial charge in [-0.3, -0.25) is 9.17 Å². The number of hydrogen-bond acceptors (Lipinski definition) is 3. The highest BCUT2D eigenvalue weighted by Gasteiger charge is 2.04. The summed E-state index contributed by atoms with van der Waals surface area (Å²) in [6.45, 7) is 2.60. The smallest absolute Gasteiger partial charge is 0.258 e. The lowest BCUT2D eigenvalue weighted by Gasteiger charge is -2.10. The number of halogens is 1. The summed E-state index contributed by atoms with van der Waals surface area (Å²) >= 11 is 4.87. The molecular formula is C17H14BrNO2S. The van der Waals surface area contributed by atoms with Crippen LogP contribution in [-0.2, 0) is 6.61 Å². The Bertz CT molecular complexity index is 836. The topological polar surface area (TPSA) is 42.1 Å². The molecule has 1 N–H and O–H groups in total. The number of benzene rings is 2. The largest absolute Gasteiger partial charge is 0.489 e. The van der Waals surface area contributed by atoms with Crippen LogP contribution in [0.5, 0.6) is 5.75 Å². The zero-order valence-electron chi connectivity index (χ0n) is 11.9. The summed E-state index contributed by atoms with van der Waals surface area (Å²) in [7, 11) is 0. The maximum absolute atomic E-state index is 11.2. The summed E-state index contributed by atoms with van der Waals surface area (Å²) in [6.07, 6.45) is 0. The first-order chi connectivity index (χ1) is 10.6. The van der Waals surface area contributed by atoms with E-state index in [4.69, 9.17) is 4.74 Å². The molecule has 112 valence electrons. The first-order valence-corrected chi connectivity index (χ1v) is 8.40. The van der Waals surface area contributed by atoms with E-state index < -0.39 is 0 Å². The number of nitrogens with one attached hydrogen (secondary N) is 1. The predicted molar refractivity (Wildman–Crippen MR) is 93.6 cm³/mol. The molecule has 2 aromatic carbocycles. The zero-order valence-corrected chi connectivity index (χ0v) is 14.3. The van der Waals surface area contributed by atoms with Gasteiger partial charge in [-0.15, -0.1) is 0 Å². The van der Waals surface area contributed by atoms with Gasteiger partial charge in [0, 0.05) is 10.5 Å². The van der Waals surface area contributed by atoms with E-state index in [0.717, 1.165) is 26.2 Å². The quantitative estimate of drug-likeness (QED) is 0.714. The molecule has 5 heteroatoms. The lowest BCUT2D eigenvalue weighted by molar-refractivity contribution is 0.305. The number of aromatic nitrogens is 1. The molecule has 0 fully saturated rings. The van der Waals surface area contributed by atoms with Gasteiger partial charge in [0.25, 0.3) is 5.56 Å². The second-order valence-corrected chi connectivity index (χ2v) is 6.62. The number of H-pyrrole nitrogens is 1. The van der Waals surface area contributed by atoms with E-state index in [9.17, 15) is 4.79 Å². The molecule has 0 amide bonds. The standard InChI is InChI=1S/C17H14BrNO2S/c1-11-13(3-2-4-15(11)18)10-21-14-7-5-12(6-8-14)16-9-17(20)19-22-16/h2-9H,10H2,1H3,(H,19,20). The molecule has 0 aliphatic rings. The van der Waals surface area contributed by atoms with Gasteiger partial charge >= 0.3 is 0 Å². The molecule has 0 saturated heterocycles. The normalized spacial score (nSPS) is 10.6. The Morgan fingerprint density at radius 1 is 1.18 bits per heavy atom. The molecule has 1 aromatic heterocycles. The Morgan fingerprint density at radius 2 is 1.95 bits per heavy atom. The molecule has 22 heavy (non-hydrogen) atoms. The molecule has 0 saturated carbocycles. The highest BCUT2D eigenvalue weighted by Crippen LogP contribution is 2.25. The Hall–Kier alpha value is -1.85. The van der Waals surface area contributed by atoms with Crippen molar-refractivity contribution in [1.29, 1.82) is 0 Å². The first kappa shape index (κ1) is 15.1. The van der Waals surface area contributed by atoms with Gasteiger partial charge in [0.05, 0.1) is 4.88 Å². The lowest BCUT2D eigenvalue weighted by Crippen LogP contribution is -1.98. The van der Waals surface area contributed by atoms with Gasteiger partial charge in [0.2, 0.25) is 0 Å². The third-order valence-corrected chi connectivity index (χ3v) is 5.17. The van der Waals surface area contributed by atoms with E-state index in [0.29, 0.717) is 6.61 Å². The van der Waals surface area contributed by atoms with E-state index in [1.807, 2.05) is 36.4 Å². The first-order valence-electron chi connectivity index (χ1n) is 6.79. The van der Waals surface area contributed by atoms with Crippen LogP contribution in [0.4, 0.5) is 0 Å². The van der Waals surface area contributed by atoms with Crippen LogP contribution in [0.1, 0.15) is 11.1 Å². The van der Waals surface area contributed by atoms with Crippen molar-refractivity contribution in [2.75, 3.05) is 0 Å². The Labute approximate surface area is 140 Å². The van der Waals surface area contributed by atoms with Crippen molar-refractivity contribution in [1.82, 2.24) is 4.37 Å². The predicted octanol–water partition coefficient (Wildman–Crippen LogP) is 4.75. The van der Waals surface area contributed by atoms with Crippen molar-refractivity contribution in [2.45, 2.75) is 13.5 Å². The van der Waals surface area contributed by atoms with Gasteiger partial charge in [-0.1, -0.05) is 39.6 Å². The second kappa shape index (κ2) is 6.50. The van der Waals surface area contributed by atoms with E-state index >= 15 is 0 Å². The van der Waals surface area contributed by atoms with Gasteiger partial charge in [0.1, 0.15) is 12.4 Å². The third-order valence-electron chi connectivity index (χ3n) is 3.44. The van der Waals surface area contributed by atoms with Crippen molar-refractivity contribution in [3.63, 3.8) is 0 Å². The maximum Gasteiger partial charge on any atom is 0.258 e. The van der Waals surface area contributed by atoms with Crippen LogP contribution in [0.15, 0.2) is 57.8 Å². The van der Waals surface area contributed by atoms with Gasteiger partial charge in [-0.2, -0.15) is 0 Å². The Kier molecular flexibility index (Phi) is 4.45. The van der Waals surface area contributed by atoms with Crippen LogP contribution in [-0.4, -0.2) is 4.37 Å². The van der Waals surface area contributed by atoms with E-state index in [2.05, 4.69) is 33.3 Å². The zero-order chi connectivity index (χ0) is 15.5. The molecule has 3 aromatic rings. The van der Waals surface area contributed by atoms with Crippen LogP contribution in [0.2, 0.25) is 0 Å². The minimum absolute atomic E-state index is 0.0644. The molecule has 0 aliphatic carbocycles. The van der Waals surface area contributed by atoms with Crippen molar-refractivity contribution in [3.05, 3.63) is 74.5 Å². The monoisotopic (exact) mass is 375 g/mol. The van der Waals surface area contributed by atoms with Gasteiger partial charge < -0.3 is 4.74 Å². The minimum atomic E-state index is -0.0644. The molecule has 0 atom stereocenters. The second-order valence-electron chi connectivity index (χ2n) is 4.91. The summed E-state index contributed by atoms with van der Waals surface area (Å²) < 4.78 is 9.62. The third kappa shape index (κ3) is 3.31. The van der Waals surface area contributed by atoms with E-state index in [-0.39, 0.29) is 5.56 Å². The Morgan fingerprint density at radius 3 is 2.64 bits per heavy atom. The van der Waals surface area contributed by atoms with Crippen LogP contribution in [0, 0.1) is 6.92 Å². The minimum Gasteiger partial charge on any atom is -0.489 e. The van der Waals surface area contributed by atoms with Crippen LogP contribution < -0.4 is 10.3 Å². The molecule has 3 nitrogen and oxygen atoms in total. The van der Waals surface area contributed by atoms with Crippen molar-refractivity contribution in [3.8, 4) is 16.2 Å². The van der Waals surface area contributed by atoms with Crippen LogP contribution in [0.25, 0.3) is 10.4 Å². The molecule has 0 radical (unpaired) electrons. The highest BCUT2D eigenvalue weighted by molar-refractivity contribution is 9.10. The van der Waals surface area contributed by atoms with E-state index in [1.165, 1.54) is 17.1 Å². The Balaban J connectivity index is 1.71. The molecule has 3 rings (SSSR count). The molecule has 0 bridgehead atoms. The molecule has 0 aliphatic heterocycles. The number of rotatable bonds is 4. The molecule has 0 unspecified atom stereocenters.